The molecule has 0 saturated carbocycles. The van der Waals surface area contributed by atoms with Crippen molar-refractivity contribution in [2.24, 2.45) is 0 Å². The van der Waals surface area contributed by atoms with Gasteiger partial charge in [-0.2, -0.15) is 0 Å². The van der Waals surface area contributed by atoms with Gasteiger partial charge < -0.3 is 10.6 Å². The minimum atomic E-state index is -0.304. The minimum Gasteiger partial charge on any atom is -0.494 e. The van der Waals surface area contributed by atoms with Gasteiger partial charge in [0.2, 0.25) is 5.16 Å². The molecule has 3 aromatic rings. The fourth-order valence-corrected chi connectivity index (χ4v) is 3.01. The maximum atomic E-state index is 13.0. The molecule has 25 heavy (non-hydrogen) atoms. The molecular formula is C17H16ClFN4OS. The summed E-state index contributed by atoms with van der Waals surface area (Å²) in [6, 6.07) is 13.2. The van der Waals surface area contributed by atoms with E-state index in [0.717, 1.165) is 17.9 Å². The molecule has 0 fully saturated rings. The Morgan fingerprint density at radius 1 is 1.08 bits per heavy atom. The van der Waals surface area contributed by atoms with Gasteiger partial charge in [0.25, 0.3) is 0 Å². The average molecular weight is 379 g/mol. The van der Waals surface area contributed by atoms with Crippen molar-refractivity contribution < 1.29 is 9.13 Å². The molecule has 0 aliphatic rings. The Bertz CT molecular complexity index is 824. The zero-order valence-corrected chi connectivity index (χ0v) is 14.8. The van der Waals surface area contributed by atoms with Crippen LogP contribution in [-0.4, -0.2) is 27.2 Å². The topological polar surface area (TPSA) is 66.0 Å². The highest BCUT2D eigenvalue weighted by Crippen LogP contribution is 2.22. The quantitative estimate of drug-likeness (QED) is 0.382. The Morgan fingerprint density at radius 2 is 1.80 bits per heavy atom. The van der Waals surface area contributed by atoms with Gasteiger partial charge in [0.15, 0.2) is 5.82 Å². The second kappa shape index (κ2) is 8.22. The second-order valence-corrected chi connectivity index (χ2v) is 6.69. The molecule has 8 heteroatoms. The van der Waals surface area contributed by atoms with Crippen molar-refractivity contribution in [2.45, 2.75) is 11.6 Å². The SMILES string of the molecule is Nn1c(SCCCOc2ccc(Cl)cc2)nnc1-c1ccc(F)cc1. The van der Waals surface area contributed by atoms with Crippen molar-refractivity contribution in [2.75, 3.05) is 18.2 Å². The molecule has 0 aliphatic heterocycles. The molecule has 3 rings (SSSR count). The fraction of sp³-hybridized carbons (Fsp3) is 0.176. The van der Waals surface area contributed by atoms with Gasteiger partial charge in [0.1, 0.15) is 11.6 Å². The third-order valence-electron chi connectivity index (χ3n) is 3.37. The number of hydrogen-bond acceptors (Lipinski definition) is 5. The number of nitrogens with two attached hydrogens (primary N) is 1. The van der Waals surface area contributed by atoms with E-state index >= 15 is 0 Å². The summed E-state index contributed by atoms with van der Waals surface area (Å²) in [5.74, 6) is 7.79. The molecule has 130 valence electrons. The minimum absolute atomic E-state index is 0.304. The lowest BCUT2D eigenvalue weighted by atomic mass is 10.2. The number of nitrogen functional groups attached to an aromatic ring is 1. The first-order valence-electron chi connectivity index (χ1n) is 7.61. The predicted molar refractivity (Wildman–Crippen MR) is 97.9 cm³/mol. The molecule has 0 amide bonds. The zero-order chi connectivity index (χ0) is 17.6. The van der Waals surface area contributed by atoms with Crippen LogP contribution in [0.4, 0.5) is 4.39 Å². The summed E-state index contributed by atoms with van der Waals surface area (Å²) in [5, 5.41) is 9.44. The van der Waals surface area contributed by atoms with E-state index in [1.165, 1.54) is 28.6 Å². The lowest BCUT2D eigenvalue weighted by molar-refractivity contribution is 0.318. The van der Waals surface area contributed by atoms with Crippen LogP contribution in [0.2, 0.25) is 5.02 Å². The number of rotatable bonds is 7. The standard InChI is InChI=1S/C17H16ClFN4OS/c18-13-4-8-15(9-5-13)24-10-1-11-25-17-22-21-16(23(17)20)12-2-6-14(19)7-3-12/h2-9H,1,10-11,20H2. The number of benzene rings is 2. The molecule has 0 aliphatic carbocycles. The first-order valence-corrected chi connectivity index (χ1v) is 8.97. The van der Waals surface area contributed by atoms with Crippen LogP contribution in [0.25, 0.3) is 11.4 Å². The fourth-order valence-electron chi connectivity index (χ4n) is 2.11. The molecule has 0 radical (unpaired) electrons. The van der Waals surface area contributed by atoms with Crippen LogP contribution in [0, 0.1) is 5.82 Å². The summed E-state index contributed by atoms with van der Waals surface area (Å²) in [5.41, 5.74) is 0.717. The largest absolute Gasteiger partial charge is 0.494 e. The third-order valence-corrected chi connectivity index (χ3v) is 4.65. The summed E-state index contributed by atoms with van der Waals surface area (Å²) >= 11 is 7.32. The zero-order valence-electron chi connectivity index (χ0n) is 13.2. The smallest absolute Gasteiger partial charge is 0.210 e. The summed E-state index contributed by atoms with van der Waals surface area (Å²) in [6.07, 6.45) is 0.825. The van der Waals surface area contributed by atoms with Crippen molar-refractivity contribution in [1.29, 1.82) is 0 Å². The summed E-state index contributed by atoms with van der Waals surface area (Å²) in [4.78, 5) is 0. The number of ether oxygens (including phenoxy) is 1. The molecular weight excluding hydrogens is 363 g/mol. The second-order valence-electron chi connectivity index (χ2n) is 5.19. The molecule has 5 nitrogen and oxygen atoms in total. The van der Waals surface area contributed by atoms with Gasteiger partial charge in [0, 0.05) is 16.3 Å². The highest BCUT2D eigenvalue weighted by molar-refractivity contribution is 7.99. The number of thioether (sulfide) groups is 1. The normalized spacial score (nSPS) is 10.8. The Morgan fingerprint density at radius 3 is 2.52 bits per heavy atom. The van der Waals surface area contributed by atoms with Crippen molar-refractivity contribution in [1.82, 2.24) is 14.9 Å². The maximum Gasteiger partial charge on any atom is 0.210 e. The Kier molecular flexibility index (Phi) is 5.78. The molecule has 0 unspecified atom stereocenters. The Labute approximate surface area is 153 Å². The third kappa shape index (κ3) is 4.64. The molecule has 0 atom stereocenters. The van der Waals surface area contributed by atoms with Crippen molar-refractivity contribution in [3.63, 3.8) is 0 Å². The van der Waals surface area contributed by atoms with Crippen LogP contribution in [0.3, 0.4) is 0 Å². The highest BCUT2D eigenvalue weighted by Gasteiger charge is 2.12. The lowest BCUT2D eigenvalue weighted by Crippen LogP contribution is -2.11. The van der Waals surface area contributed by atoms with Gasteiger partial charge >= 0.3 is 0 Å². The van der Waals surface area contributed by atoms with Gasteiger partial charge in [-0.3, -0.25) is 0 Å². The summed E-state index contributed by atoms with van der Waals surface area (Å²) in [7, 11) is 0. The van der Waals surface area contributed by atoms with Crippen LogP contribution in [0.5, 0.6) is 5.75 Å². The van der Waals surface area contributed by atoms with E-state index < -0.39 is 0 Å². The molecule has 1 heterocycles. The van der Waals surface area contributed by atoms with Crippen molar-refractivity contribution in [3.8, 4) is 17.1 Å². The van der Waals surface area contributed by atoms with Gasteiger partial charge in [-0.25, -0.2) is 9.07 Å². The molecule has 0 spiro atoms. The average Bonchev–Trinajstić information content (AvgIpc) is 2.98. The van der Waals surface area contributed by atoms with Gasteiger partial charge in [0.05, 0.1) is 6.61 Å². The van der Waals surface area contributed by atoms with Crippen molar-refractivity contribution in [3.05, 3.63) is 59.4 Å². The van der Waals surface area contributed by atoms with Gasteiger partial charge in [-0.15, -0.1) is 10.2 Å². The summed E-state index contributed by atoms with van der Waals surface area (Å²) in [6.45, 7) is 0.582. The Hall–Kier alpha value is -2.25. The van der Waals surface area contributed by atoms with Crippen LogP contribution >= 0.6 is 23.4 Å². The molecule has 0 saturated heterocycles. The van der Waals surface area contributed by atoms with Crippen LogP contribution < -0.4 is 10.6 Å². The van der Waals surface area contributed by atoms with E-state index in [0.29, 0.717) is 28.2 Å². The van der Waals surface area contributed by atoms with Crippen LogP contribution in [0.15, 0.2) is 53.7 Å². The molecule has 1 aromatic heterocycles. The lowest BCUT2D eigenvalue weighted by Gasteiger charge is -2.06. The van der Waals surface area contributed by atoms with Crippen LogP contribution in [-0.2, 0) is 0 Å². The highest BCUT2D eigenvalue weighted by atomic mass is 35.5. The number of hydrogen-bond donors (Lipinski definition) is 1. The van der Waals surface area contributed by atoms with Crippen molar-refractivity contribution >= 4 is 23.4 Å². The first kappa shape index (κ1) is 17.6. The first-order chi connectivity index (χ1) is 12.1. The van der Waals surface area contributed by atoms with Gasteiger partial charge in [-0.05, 0) is 55.0 Å². The molecule has 2 aromatic carbocycles. The van der Waals surface area contributed by atoms with E-state index in [2.05, 4.69) is 10.2 Å². The monoisotopic (exact) mass is 378 g/mol. The maximum absolute atomic E-state index is 13.0. The van der Waals surface area contributed by atoms with E-state index in [1.54, 1.807) is 24.3 Å². The number of aromatic nitrogens is 3. The van der Waals surface area contributed by atoms with E-state index in [-0.39, 0.29) is 5.82 Å². The van der Waals surface area contributed by atoms with E-state index in [4.69, 9.17) is 22.2 Å². The Balaban J connectivity index is 1.49. The number of nitrogens with zero attached hydrogens (tertiary/aromatic N) is 3. The van der Waals surface area contributed by atoms with Crippen LogP contribution in [0.1, 0.15) is 6.42 Å². The predicted octanol–water partition coefficient (Wildman–Crippen LogP) is 4.01. The molecule has 2 N–H and O–H groups in total. The van der Waals surface area contributed by atoms with Gasteiger partial charge in [-0.1, -0.05) is 23.4 Å². The summed E-state index contributed by atoms with van der Waals surface area (Å²) < 4.78 is 20.0. The molecule has 0 bridgehead atoms. The number of halogens is 2. The van der Waals surface area contributed by atoms with E-state index in [1.807, 2.05) is 12.1 Å². The van der Waals surface area contributed by atoms with E-state index in [9.17, 15) is 4.39 Å².